The first-order valence-corrected chi connectivity index (χ1v) is 6.57. The minimum absolute atomic E-state index is 0.1000. The Kier molecular flexibility index (Phi) is 4.44. The molecule has 0 heterocycles. The number of carbonyl (C=O) groups excluding carboxylic acids is 1. The van der Waals surface area contributed by atoms with Crippen LogP contribution in [-0.2, 0) is 10.2 Å². The van der Waals surface area contributed by atoms with E-state index in [0.29, 0.717) is 11.3 Å². The number of carbonyl (C=O) groups is 1. The minimum Gasteiger partial charge on any atom is -0.444 e. The Morgan fingerprint density at radius 2 is 1.75 bits per heavy atom. The fraction of sp³-hybridized carbons (Fsp3) is 0.500. The summed E-state index contributed by atoms with van der Waals surface area (Å²) < 4.78 is 5.21. The molecule has 1 rings (SSSR count). The normalized spacial score (nSPS) is 11.7. The van der Waals surface area contributed by atoms with Gasteiger partial charge in [-0.25, -0.2) is 4.79 Å². The third kappa shape index (κ3) is 4.93. The highest BCUT2D eigenvalue weighted by atomic mass is 16.6. The number of hydrogen-bond donors (Lipinski definition) is 1. The van der Waals surface area contributed by atoms with Crippen molar-refractivity contribution in [1.29, 1.82) is 5.26 Å². The van der Waals surface area contributed by atoms with Crippen LogP contribution in [0.5, 0.6) is 0 Å². The van der Waals surface area contributed by atoms with Gasteiger partial charge in [-0.05, 0) is 49.9 Å². The van der Waals surface area contributed by atoms with Gasteiger partial charge in [-0.1, -0.05) is 20.8 Å². The highest BCUT2D eigenvalue weighted by molar-refractivity contribution is 5.85. The second kappa shape index (κ2) is 5.54. The molecule has 0 aliphatic rings. The lowest BCUT2D eigenvalue weighted by molar-refractivity contribution is 0.0636. The van der Waals surface area contributed by atoms with Crippen LogP contribution in [0.3, 0.4) is 0 Å². The van der Waals surface area contributed by atoms with E-state index in [1.165, 1.54) is 0 Å². The summed E-state index contributed by atoms with van der Waals surface area (Å²) in [7, 11) is 0. The minimum atomic E-state index is -0.552. The van der Waals surface area contributed by atoms with Crippen molar-refractivity contribution < 1.29 is 9.53 Å². The average Bonchev–Trinajstić information content (AvgIpc) is 2.24. The number of nitriles is 1. The lowest BCUT2D eigenvalue weighted by Gasteiger charge is -2.22. The second-order valence-corrected chi connectivity index (χ2v) is 6.79. The Morgan fingerprint density at radius 1 is 1.15 bits per heavy atom. The maximum Gasteiger partial charge on any atom is 0.412 e. The van der Waals surface area contributed by atoms with Gasteiger partial charge in [-0.3, -0.25) is 5.32 Å². The zero-order valence-corrected chi connectivity index (χ0v) is 13.0. The molecule has 0 aromatic heterocycles. The zero-order valence-electron chi connectivity index (χ0n) is 13.0. The molecular weight excluding hydrogens is 252 g/mol. The van der Waals surface area contributed by atoms with Gasteiger partial charge >= 0.3 is 6.09 Å². The summed E-state index contributed by atoms with van der Waals surface area (Å²) >= 11 is 0. The molecule has 0 atom stereocenters. The van der Waals surface area contributed by atoms with E-state index < -0.39 is 11.7 Å². The van der Waals surface area contributed by atoms with Crippen LogP contribution in [-0.4, -0.2) is 11.7 Å². The molecule has 0 saturated carbocycles. The molecule has 0 radical (unpaired) electrons. The number of nitrogens with one attached hydrogen (secondary N) is 1. The standard InChI is InChI=1S/C16H22N2O2/c1-15(2,3)12-7-11(10-17)8-13(9-12)18-14(19)20-16(4,5)6/h7-9H,1-6H3,(H,18,19). The predicted octanol–water partition coefficient (Wildman–Crippen LogP) is 4.20. The fourth-order valence-corrected chi connectivity index (χ4v) is 1.62. The molecule has 0 saturated heterocycles. The quantitative estimate of drug-likeness (QED) is 0.834. The molecular formula is C16H22N2O2. The van der Waals surface area contributed by atoms with Crippen LogP contribution < -0.4 is 5.32 Å². The maximum absolute atomic E-state index is 11.8. The molecule has 0 bridgehead atoms. The molecule has 0 spiro atoms. The molecule has 1 aromatic rings. The third-order valence-corrected chi connectivity index (χ3v) is 2.57. The van der Waals surface area contributed by atoms with Crippen molar-refractivity contribution >= 4 is 11.8 Å². The number of benzene rings is 1. The van der Waals surface area contributed by atoms with Crippen LogP contribution in [0.1, 0.15) is 52.7 Å². The van der Waals surface area contributed by atoms with E-state index in [9.17, 15) is 4.79 Å². The second-order valence-electron chi connectivity index (χ2n) is 6.79. The lowest BCUT2D eigenvalue weighted by atomic mass is 9.86. The predicted molar refractivity (Wildman–Crippen MR) is 79.7 cm³/mol. The van der Waals surface area contributed by atoms with Gasteiger partial charge in [0.1, 0.15) is 5.60 Å². The first kappa shape index (κ1) is 16.0. The fourth-order valence-electron chi connectivity index (χ4n) is 1.62. The van der Waals surface area contributed by atoms with E-state index in [0.717, 1.165) is 5.56 Å². The first-order chi connectivity index (χ1) is 9.01. The van der Waals surface area contributed by atoms with Crippen molar-refractivity contribution in [3.8, 4) is 6.07 Å². The Morgan fingerprint density at radius 3 is 2.20 bits per heavy atom. The summed E-state index contributed by atoms with van der Waals surface area (Å²) in [6, 6.07) is 7.45. The molecule has 0 aliphatic heterocycles. The number of amides is 1. The Hall–Kier alpha value is -2.02. The van der Waals surface area contributed by atoms with Crippen LogP contribution in [0.25, 0.3) is 0 Å². The molecule has 0 fully saturated rings. The number of hydrogen-bond acceptors (Lipinski definition) is 3. The number of anilines is 1. The van der Waals surface area contributed by atoms with Gasteiger partial charge in [-0.15, -0.1) is 0 Å². The summed E-state index contributed by atoms with van der Waals surface area (Å²) in [5.41, 5.74) is 1.43. The van der Waals surface area contributed by atoms with Crippen molar-refractivity contribution in [2.75, 3.05) is 5.32 Å². The summed E-state index contributed by atoms with van der Waals surface area (Å²) in [4.78, 5) is 11.8. The summed E-state index contributed by atoms with van der Waals surface area (Å²) in [6.07, 6.45) is -0.521. The van der Waals surface area contributed by atoms with Crippen molar-refractivity contribution in [2.24, 2.45) is 0 Å². The molecule has 1 amide bonds. The van der Waals surface area contributed by atoms with E-state index in [1.54, 1.807) is 26.8 Å². The molecule has 0 unspecified atom stereocenters. The Bertz CT molecular complexity index is 543. The summed E-state index contributed by atoms with van der Waals surface area (Å²) in [5.74, 6) is 0. The van der Waals surface area contributed by atoms with E-state index >= 15 is 0 Å². The maximum atomic E-state index is 11.8. The number of rotatable bonds is 1. The molecule has 108 valence electrons. The van der Waals surface area contributed by atoms with E-state index in [-0.39, 0.29) is 5.41 Å². The van der Waals surface area contributed by atoms with Gasteiger partial charge in [0.2, 0.25) is 0 Å². The highest BCUT2D eigenvalue weighted by Gasteiger charge is 2.19. The van der Waals surface area contributed by atoms with Gasteiger partial charge < -0.3 is 4.74 Å². The summed E-state index contributed by atoms with van der Waals surface area (Å²) in [6.45, 7) is 11.6. The molecule has 1 aromatic carbocycles. The van der Waals surface area contributed by atoms with E-state index in [1.807, 2.05) is 12.1 Å². The van der Waals surface area contributed by atoms with Gasteiger partial charge in [-0.2, -0.15) is 5.26 Å². The smallest absolute Gasteiger partial charge is 0.412 e. The van der Waals surface area contributed by atoms with Gasteiger partial charge in [0.15, 0.2) is 0 Å². The zero-order chi connectivity index (χ0) is 15.6. The van der Waals surface area contributed by atoms with Crippen molar-refractivity contribution in [2.45, 2.75) is 52.6 Å². The van der Waals surface area contributed by atoms with Gasteiger partial charge in [0.25, 0.3) is 0 Å². The van der Waals surface area contributed by atoms with Crippen molar-refractivity contribution in [3.05, 3.63) is 29.3 Å². The van der Waals surface area contributed by atoms with Crippen molar-refractivity contribution in [3.63, 3.8) is 0 Å². The summed E-state index contributed by atoms with van der Waals surface area (Å²) in [5, 5.41) is 11.8. The molecule has 4 nitrogen and oxygen atoms in total. The molecule has 4 heteroatoms. The first-order valence-electron chi connectivity index (χ1n) is 6.57. The average molecular weight is 274 g/mol. The molecule has 0 aliphatic carbocycles. The van der Waals surface area contributed by atoms with Crippen LogP contribution in [0, 0.1) is 11.3 Å². The SMILES string of the molecule is CC(C)(C)OC(=O)Nc1cc(C#N)cc(C(C)(C)C)c1. The van der Waals surface area contributed by atoms with Crippen LogP contribution in [0.4, 0.5) is 10.5 Å². The van der Waals surface area contributed by atoms with Gasteiger partial charge in [0.05, 0.1) is 11.6 Å². The monoisotopic (exact) mass is 274 g/mol. The highest BCUT2D eigenvalue weighted by Crippen LogP contribution is 2.26. The van der Waals surface area contributed by atoms with E-state index in [4.69, 9.17) is 10.00 Å². The van der Waals surface area contributed by atoms with Crippen LogP contribution in [0.2, 0.25) is 0 Å². The van der Waals surface area contributed by atoms with Crippen LogP contribution in [0.15, 0.2) is 18.2 Å². The molecule has 1 N–H and O–H groups in total. The van der Waals surface area contributed by atoms with E-state index in [2.05, 4.69) is 32.2 Å². The van der Waals surface area contributed by atoms with Gasteiger partial charge in [0, 0.05) is 5.69 Å². The Balaban J connectivity index is 3.02. The largest absolute Gasteiger partial charge is 0.444 e. The Labute approximate surface area is 120 Å². The van der Waals surface area contributed by atoms with Crippen molar-refractivity contribution in [1.82, 2.24) is 0 Å². The lowest BCUT2D eigenvalue weighted by Crippen LogP contribution is -2.27. The number of nitrogens with zero attached hydrogens (tertiary/aromatic N) is 1. The third-order valence-electron chi connectivity index (χ3n) is 2.57. The number of ether oxygens (including phenoxy) is 1. The topological polar surface area (TPSA) is 62.1 Å². The molecule has 20 heavy (non-hydrogen) atoms. The van der Waals surface area contributed by atoms with Crippen LogP contribution >= 0.6 is 0 Å².